The number of halogens is 3. The molecule has 202 valence electrons. The molecule has 2 amide bonds. The van der Waals surface area contributed by atoms with Crippen molar-refractivity contribution in [1.82, 2.24) is 4.90 Å². The molecule has 2 heterocycles. The fourth-order valence-electron chi connectivity index (χ4n) is 4.66. The van der Waals surface area contributed by atoms with Crippen LogP contribution in [0, 0.1) is 0 Å². The number of amides is 2. The summed E-state index contributed by atoms with van der Waals surface area (Å²) in [7, 11) is 1.63. The van der Waals surface area contributed by atoms with Gasteiger partial charge in [-0.25, -0.2) is 0 Å². The molecule has 3 aromatic rings. The van der Waals surface area contributed by atoms with Crippen LogP contribution in [0.5, 0.6) is 5.75 Å². The molecule has 39 heavy (non-hydrogen) atoms. The van der Waals surface area contributed by atoms with Crippen LogP contribution in [0.15, 0.2) is 82.6 Å². The first kappa shape index (κ1) is 26.7. The number of carbonyl (C=O) groups excluding carboxylic acids is 2. The van der Waals surface area contributed by atoms with Crippen molar-refractivity contribution >= 4 is 41.0 Å². The van der Waals surface area contributed by atoms with Gasteiger partial charge in [0, 0.05) is 31.1 Å². The van der Waals surface area contributed by atoms with Crippen LogP contribution >= 0.6 is 11.8 Å². The minimum atomic E-state index is -4.43. The monoisotopic (exact) mass is 553 g/mol. The van der Waals surface area contributed by atoms with Crippen molar-refractivity contribution in [1.29, 1.82) is 0 Å². The van der Waals surface area contributed by atoms with Gasteiger partial charge in [-0.05, 0) is 48.0 Å². The third-order valence-electron chi connectivity index (χ3n) is 6.72. The van der Waals surface area contributed by atoms with Crippen molar-refractivity contribution in [3.05, 3.63) is 88.8 Å². The summed E-state index contributed by atoms with van der Waals surface area (Å²) in [6.45, 7) is 2.14. The summed E-state index contributed by atoms with van der Waals surface area (Å²) >= 11 is 1.24. The average Bonchev–Trinajstić information content (AvgIpc) is 2.95. The molecular formula is C29H26F3N3O3S. The molecule has 2 aliphatic heterocycles. The van der Waals surface area contributed by atoms with E-state index in [-0.39, 0.29) is 18.4 Å². The lowest BCUT2D eigenvalue weighted by atomic mass is 10.1. The number of hydrogen-bond acceptors (Lipinski definition) is 5. The van der Waals surface area contributed by atoms with Crippen molar-refractivity contribution in [2.45, 2.75) is 11.1 Å². The fraction of sp³-hybridized carbons (Fsp3) is 0.241. The van der Waals surface area contributed by atoms with Gasteiger partial charge >= 0.3 is 6.18 Å². The Kier molecular flexibility index (Phi) is 7.56. The standard InChI is InChI=1S/C29H26F3N3O3S/c1-38-24-8-4-2-6-22(24)33-14-16-34(17-15-33)27(36)19-35-23-7-3-5-9-25(23)39-26(28(35)37)18-20-10-12-21(13-11-20)29(30,31)32/h2-13,18H,14-17,19H2,1H3. The summed E-state index contributed by atoms with van der Waals surface area (Å²) in [5.74, 6) is 0.246. The van der Waals surface area contributed by atoms with Crippen LogP contribution in [0.1, 0.15) is 11.1 Å². The number of methoxy groups -OCH3 is 1. The van der Waals surface area contributed by atoms with Crippen molar-refractivity contribution in [3.8, 4) is 5.75 Å². The molecule has 1 fully saturated rings. The average molecular weight is 554 g/mol. The number of ether oxygens (including phenoxy) is 1. The first-order valence-electron chi connectivity index (χ1n) is 12.4. The number of rotatable bonds is 5. The number of anilines is 2. The Balaban J connectivity index is 1.31. The van der Waals surface area contributed by atoms with E-state index in [4.69, 9.17) is 4.74 Å². The molecule has 1 saturated heterocycles. The van der Waals surface area contributed by atoms with Crippen molar-refractivity contribution in [2.75, 3.05) is 49.6 Å². The van der Waals surface area contributed by atoms with Crippen LogP contribution in [0.25, 0.3) is 6.08 Å². The first-order chi connectivity index (χ1) is 18.7. The number of fused-ring (bicyclic) bond motifs is 1. The smallest absolute Gasteiger partial charge is 0.416 e. The fourth-order valence-corrected chi connectivity index (χ4v) is 5.72. The number of alkyl halides is 3. The molecule has 0 aliphatic carbocycles. The summed E-state index contributed by atoms with van der Waals surface area (Å²) in [4.78, 5) is 33.4. The van der Waals surface area contributed by atoms with Gasteiger partial charge in [-0.15, -0.1) is 0 Å². The summed E-state index contributed by atoms with van der Waals surface area (Å²) in [5, 5.41) is 0. The summed E-state index contributed by atoms with van der Waals surface area (Å²) < 4.78 is 44.3. The van der Waals surface area contributed by atoms with Crippen LogP contribution < -0.4 is 14.5 Å². The molecular weight excluding hydrogens is 527 g/mol. The maximum absolute atomic E-state index is 13.5. The number of thioether (sulfide) groups is 1. The zero-order valence-corrected chi connectivity index (χ0v) is 22.0. The van der Waals surface area contributed by atoms with E-state index in [1.165, 1.54) is 28.8 Å². The molecule has 0 aromatic heterocycles. The summed E-state index contributed by atoms with van der Waals surface area (Å²) in [6, 6.07) is 19.7. The zero-order chi connectivity index (χ0) is 27.6. The number of hydrogen-bond donors (Lipinski definition) is 0. The molecule has 10 heteroatoms. The van der Waals surface area contributed by atoms with E-state index in [9.17, 15) is 22.8 Å². The Hall–Kier alpha value is -3.92. The second kappa shape index (κ2) is 11.1. The summed E-state index contributed by atoms with van der Waals surface area (Å²) in [5.41, 5.74) is 1.33. The molecule has 6 nitrogen and oxygen atoms in total. The molecule has 0 N–H and O–H groups in total. The number of para-hydroxylation sites is 3. The molecule has 2 aliphatic rings. The number of piperazine rings is 1. The highest BCUT2D eigenvalue weighted by Gasteiger charge is 2.33. The minimum absolute atomic E-state index is 0.130. The third-order valence-corrected chi connectivity index (χ3v) is 7.80. The molecule has 3 aromatic carbocycles. The quantitative estimate of drug-likeness (QED) is 0.389. The Morgan fingerprint density at radius 1 is 0.923 bits per heavy atom. The van der Waals surface area contributed by atoms with Crippen molar-refractivity contribution < 1.29 is 27.5 Å². The normalized spacial score (nSPS) is 16.9. The van der Waals surface area contributed by atoms with E-state index in [0.29, 0.717) is 42.3 Å². The van der Waals surface area contributed by atoms with E-state index in [0.717, 1.165) is 28.5 Å². The van der Waals surface area contributed by atoms with E-state index in [1.54, 1.807) is 30.2 Å². The number of carbonyl (C=O) groups is 2. The number of benzene rings is 3. The van der Waals surface area contributed by atoms with E-state index in [1.807, 2.05) is 36.4 Å². The Morgan fingerprint density at radius 2 is 1.56 bits per heavy atom. The first-order valence-corrected chi connectivity index (χ1v) is 13.2. The van der Waals surface area contributed by atoms with Crippen LogP contribution in [0.4, 0.5) is 24.5 Å². The van der Waals surface area contributed by atoms with Gasteiger partial charge in [-0.1, -0.05) is 48.2 Å². The Labute approximate surface area is 228 Å². The predicted octanol–water partition coefficient (Wildman–Crippen LogP) is 5.54. The highest BCUT2D eigenvalue weighted by molar-refractivity contribution is 8.04. The molecule has 5 rings (SSSR count). The molecule has 0 saturated carbocycles. The second-order valence-electron chi connectivity index (χ2n) is 9.13. The molecule has 0 bridgehead atoms. The molecule has 0 spiro atoms. The van der Waals surface area contributed by atoms with E-state index >= 15 is 0 Å². The van der Waals surface area contributed by atoms with E-state index < -0.39 is 11.7 Å². The maximum atomic E-state index is 13.5. The third kappa shape index (κ3) is 5.75. The zero-order valence-electron chi connectivity index (χ0n) is 21.1. The van der Waals surface area contributed by atoms with Crippen LogP contribution in [0.2, 0.25) is 0 Å². The van der Waals surface area contributed by atoms with Gasteiger partial charge in [0.15, 0.2) is 0 Å². The highest BCUT2D eigenvalue weighted by atomic mass is 32.2. The minimum Gasteiger partial charge on any atom is -0.495 e. The topological polar surface area (TPSA) is 53.1 Å². The molecule has 0 atom stereocenters. The van der Waals surface area contributed by atoms with Gasteiger partial charge in [0.25, 0.3) is 5.91 Å². The Morgan fingerprint density at radius 3 is 2.23 bits per heavy atom. The largest absolute Gasteiger partial charge is 0.495 e. The lowest BCUT2D eigenvalue weighted by Gasteiger charge is -2.38. The predicted molar refractivity (Wildman–Crippen MR) is 146 cm³/mol. The van der Waals surface area contributed by atoms with Gasteiger partial charge in [-0.3, -0.25) is 14.5 Å². The van der Waals surface area contributed by atoms with Crippen molar-refractivity contribution in [3.63, 3.8) is 0 Å². The van der Waals surface area contributed by atoms with Crippen LogP contribution in [-0.2, 0) is 15.8 Å². The Bertz CT molecular complexity index is 1400. The lowest BCUT2D eigenvalue weighted by Crippen LogP contribution is -2.52. The van der Waals surface area contributed by atoms with Gasteiger partial charge in [0.05, 0.1) is 29.0 Å². The van der Waals surface area contributed by atoms with E-state index in [2.05, 4.69) is 4.90 Å². The SMILES string of the molecule is COc1ccccc1N1CCN(C(=O)CN2C(=O)C(=Cc3ccc(C(F)(F)F)cc3)Sc3ccccc32)CC1. The van der Waals surface area contributed by atoms with Crippen LogP contribution in [-0.4, -0.2) is 56.5 Å². The van der Waals surface area contributed by atoms with Gasteiger partial charge in [0.1, 0.15) is 12.3 Å². The van der Waals surface area contributed by atoms with Crippen LogP contribution in [0.3, 0.4) is 0 Å². The van der Waals surface area contributed by atoms with Gasteiger partial charge in [-0.2, -0.15) is 13.2 Å². The summed E-state index contributed by atoms with van der Waals surface area (Å²) in [6.07, 6.45) is -2.87. The van der Waals surface area contributed by atoms with Gasteiger partial charge < -0.3 is 14.5 Å². The maximum Gasteiger partial charge on any atom is 0.416 e. The highest BCUT2D eigenvalue weighted by Crippen LogP contribution is 2.42. The number of nitrogens with zero attached hydrogens (tertiary/aromatic N) is 3. The second-order valence-corrected chi connectivity index (χ2v) is 10.2. The van der Waals surface area contributed by atoms with Crippen molar-refractivity contribution in [2.24, 2.45) is 0 Å². The lowest BCUT2D eigenvalue weighted by molar-refractivity contribution is -0.137. The molecule has 0 radical (unpaired) electrons. The molecule has 0 unspecified atom stereocenters. The van der Waals surface area contributed by atoms with Gasteiger partial charge in [0.2, 0.25) is 5.91 Å².